The SMILES string of the molecule is CCCN1/C(=C/C=C2\CCCC(/C=C/C3=[N+](CCCCCC(=O)ON4C(=O)CCC4=O)c4c(C)cc(S(=O)(=O)O)cc4C3(C)C)=C2Oc2ccc(S(=O)(=O)O)cc2)C(CCC(=O)NC(C)(C)CCOC(C)(C)C)(CCC(=O)NC(C)(C)CCOC(C)(C)C)c2cc(SOOO)cc(C)c21. The van der Waals surface area contributed by atoms with Gasteiger partial charge in [0, 0.05) is 108 Å². The molecule has 3 aliphatic heterocycles. The van der Waals surface area contributed by atoms with E-state index >= 15 is 0 Å². The molecule has 0 saturated carbocycles. The van der Waals surface area contributed by atoms with Crippen molar-refractivity contribution in [3.63, 3.8) is 0 Å². The Morgan fingerprint density at radius 3 is 1.84 bits per heavy atom. The predicted octanol–water partition coefficient (Wildman–Crippen LogP) is 13.6. The van der Waals surface area contributed by atoms with Gasteiger partial charge in [-0.05, 0) is 244 Å². The molecule has 1 aliphatic carbocycles. The van der Waals surface area contributed by atoms with Gasteiger partial charge in [0.2, 0.25) is 17.5 Å². The lowest BCUT2D eigenvalue weighted by atomic mass is 9.71. The normalized spacial score (nSPS) is 17.6. The predicted molar refractivity (Wildman–Crippen MR) is 377 cm³/mol. The van der Waals surface area contributed by atoms with E-state index < -0.39 is 59.9 Å². The van der Waals surface area contributed by atoms with Crippen LogP contribution in [0.4, 0.5) is 11.4 Å². The van der Waals surface area contributed by atoms with E-state index in [9.17, 15) is 55.2 Å². The zero-order chi connectivity index (χ0) is 73.3. The van der Waals surface area contributed by atoms with Crippen LogP contribution in [-0.4, -0.2) is 125 Å². The van der Waals surface area contributed by atoms with Crippen LogP contribution in [0.15, 0.2) is 110 Å². The summed E-state index contributed by atoms with van der Waals surface area (Å²) in [7, 11) is -9.22. The first-order chi connectivity index (χ1) is 46.1. The standard InChI is InChI=1S/C73H101N5O18S3/c1-16-40-76-59(73(57-46-53(97-96-95-84)44-48(2)66(57)76,36-34-60(79)74-70(10,11)38-42-91-68(4,5)6)37-35-61(80)75-71(12,13)39-43-92-69(7,8)9)31-25-51-22-20-21-50(67(51)93-52-26-28-54(29-27-52)98(85,86)87)24-30-58-72(14,15)56-47-55(99(88,89)90)45-49(3)65(56)77(58)41-19-17-18-23-64(83)94-78-62(81)32-33-63(78)82/h24-31,44-47H,16-23,32-43H2,1-15H3,(H4-,74,75,79,80,84,85,86,87,88,89,90)/p+1. The first-order valence-electron chi connectivity index (χ1n) is 34.0. The average Bonchev–Trinajstić information content (AvgIpc) is 1.59. The van der Waals surface area contributed by atoms with Crippen molar-refractivity contribution in [2.24, 2.45) is 0 Å². The highest BCUT2D eigenvalue weighted by Gasteiger charge is 2.49. The highest BCUT2D eigenvalue weighted by molar-refractivity contribution is 7.94. The summed E-state index contributed by atoms with van der Waals surface area (Å²) < 4.78 is 96.9. The van der Waals surface area contributed by atoms with E-state index in [0.29, 0.717) is 111 Å². The van der Waals surface area contributed by atoms with Crippen LogP contribution in [0, 0.1) is 13.8 Å². The molecule has 23 nitrogen and oxygen atoms in total. The van der Waals surface area contributed by atoms with Crippen molar-refractivity contribution in [1.29, 1.82) is 0 Å². The maximum Gasteiger partial charge on any atom is 0.333 e. The second kappa shape index (κ2) is 32.6. The van der Waals surface area contributed by atoms with Crippen molar-refractivity contribution in [1.82, 2.24) is 15.7 Å². The lowest BCUT2D eigenvalue weighted by Crippen LogP contribution is -2.46. The summed E-state index contributed by atoms with van der Waals surface area (Å²) in [6, 6.07) is 12.2. The number of amides is 4. The van der Waals surface area contributed by atoms with Gasteiger partial charge in [-0.2, -0.15) is 21.4 Å². The third kappa shape index (κ3) is 21.3. The molecule has 0 bridgehead atoms. The van der Waals surface area contributed by atoms with Crippen LogP contribution < -0.4 is 20.3 Å². The number of anilines is 1. The average molecular weight is 1430 g/mol. The van der Waals surface area contributed by atoms with Crippen LogP contribution in [-0.2, 0) is 78.7 Å². The second-order valence-corrected chi connectivity index (χ2v) is 33.5. The van der Waals surface area contributed by atoms with E-state index in [-0.39, 0.29) is 83.5 Å². The molecule has 3 aromatic carbocycles. The van der Waals surface area contributed by atoms with Gasteiger partial charge >= 0.3 is 5.97 Å². The van der Waals surface area contributed by atoms with Crippen LogP contribution >= 0.6 is 12.0 Å². The summed E-state index contributed by atoms with van der Waals surface area (Å²) in [6.45, 7) is 31.2. The number of ether oxygens (including phenoxy) is 3. The number of rotatable bonds is 33. The molecule has 1 saturated heterocycles. The zero-order valence-corrected chi connectivity index (χ0v) is 62.6. The number of imide groups is 1. The molecule has 544 valence electrons. The van der Waals surface area contributed by atoms with Crippen molar-refractivity contribution in [3.8, 4) is 5.75 Å². The van der Waals surface area contributed by atoms with Crippen LogP contribution in [0.3, 0.4) is 0 Å². The van der Waals surface area contributed by atoms with E-state index in [4.69, 9.17) is 23.4 Å². The van der Waals surface area contributed by atoms with E-state index in [2.05, 4.69) is 32.1 Å². The molecule has 7 rings (SSSR count). The number of aryl methyl sites for hydroxylation is 2. The Labute approximate surface area is 588 Å². The fraction of sp³-hybridized carbons (Fsp3) is 0.562. The summed E-state index contributed by atoms with van der Waals surface area (Å²) in [5.41, 5.74) is 3.56. The largest absolute Gasteiger partial charge is 0.457 e. The van der Waals surface area contributed by atoms with Crippen LogP contribution in [0.5, 0.6) is 5.75 Å². The number of benzene rings is 3. The number of fused-ring (bicyclic) bond motifs is 2. The number of nitrogens with one attached hydrogen (secondary N) is 2. The van der Waals surface area contributed by atoms with Crippen LogP contribution in [0.25, 0.3) is 0 Å². The molecule has 5 N–H and O–H groups in total. The smallest absolute Gasteiger partial charge is 0.333 e. The first kappa shape index (κ1) is 79.7. The highest BCUT2D eigenvalue weighted by Crippen LogP contribution is 2.56. The number of carbonyl (C=O) groups excluding carboxylic acids is 5. The number of nitrogens with zero attached hydrogens (tertiary/aromatic N) is 3. The third-order valence-electron chi connectivity index (χ3n) is 18.1. The molecule has 0 atom stereocenters. The van der Waals surface area contributed by atoms with Crippen LogP contribution in [0.1, 0.15) is 215 Å². The number of hydrogen-bond donors (Lipinski definition) is 5. The summed E-state index contributed by atoms with van der Waals surface area (Å²) in [5, 5.41) is 20.6. The lowest BCUT2D eigenvalue weighted by molar-refractivity contribution is -0.438. The van der Waals surface area contributed by atoms with Gasteiger partial charge in [-0.15, -0.1) is 9.40 Å². The van der Waals surface area contributed by atoms with Crippen molar-refractivity contribution in [3.05, 3.63) is 118 Å². The molecule has 1 fully saturated rings. The van der Waals surface area contributed by atoms with Crippen molar-refractivity contribution >= 4 is 79.0 Å². The minimum absolute atomic E-state index is 0.0269. The summed E-state index contributed by atoms with van der Waals surface area (Å²) in [6.07, 6.45) is 13.2. The van der Waals surface area contributed by atoms with Gasteiger partial charge < -0.3 is 34.6 Å². The molecule has 3 heterocycles. The number of hydroxylamine groups is 2. The van der Waals surface area contributed by atoms with E-state index in [1.165, 1.54) is 36.4 Å². The monoisotopic (exact) mass is 1430 g/mol. The fourth-order valence-corrected chi connectivity index (χ4v) is 14.8. The second-order valence-electron chi connectivity index (χ2n) is 29.8. The number of allylic oxidation sites excluding steroid dienone is 7. The lowest BCUT2D eigenvalue weighted by Gasteiger charge is -2.35. The van der Waals surface area contributed by atoms with Gasteiger partial charge in [0.1, 0.15) is 18.1 Å². The zero-order valence-electron chi connectivity index (χ0n) is 60.1. The minimum Gasteiger partial charge on any atom is -0.457 e. The Kier molecular flexibility index (Phi) is 26.2. The maximum absolute atomic E-state index is 14.7. The molecule has 0 radical (unpaired) electrons. The van der Waals surface area contributed by atoms with Gasteiger partial charge in [-0.1, -0.05) is 18.0 Å². The summed E-state index contributed by atoms with van der Waals surface area (Å²) >= 11 is 0.809. The van der Waals surface area contributed by atoms with Crippen molar-refractivity contribution < 1.29 is 88.2 Å². The Morgan fingerprint density at radius 1 is 0.707 bits per heavy atom. The number of hydrogen-bond acceptors (Lipinski definition) is 18. The van der Waals surface area contributed by atoms with E-state index in [1.54, 1.807) is 6.92 Å². The molecule has 4 amide bonds. The summed E-state index contributed by atoms with van der Waals surface area (Å²) in [5.74, 6) is -1.57. The molecule has 26 heteroatoms. The highest BCUT2D eigenvalue weighted by atomic mass is 32.2. The number of unbranched alkanes of at least 4 members (excludes halogenated alkanes) is 2. The third-order valence-corrected chi connectivity index (χ3v) is 20.4. The topological polar surface area (TPSA) is 303 Å². The first-order valence-corrected chi connectivity index (χ1v) is 37.6. The van der Waals surface area contributed by atoms with Gasteiger partial charge in [0.05, 0.1) is 38.5 Å². The Morgan fingerprint density at radius 2 is 1.29 bits per heavy atom. The molecular formula is C73H102N5O18S3+. The van der Waals surface area contributed by atoms with Crippen LogP contribution in [0.2, 0.25) is 0 Å². The van der Waals surface area contributed by atoms with Gasteiger partial charge in [-0.25, -0.2) is 10.1 Å². The number of carbonyl (C=O) groups is 5. The Balaban J connectivity index is 1.39. The molecular weight excluding hydrogens is 1330 g/mol. The molecule has 0 aromatic heterocycles. The maximum atomic E-state index is 14.7. The fourth-order valence-electron chi connectivity index (χ4n) is 13.2. The molecule has 3 aromatic rings. The quantitative estimate of drug-likeness (QED) is 0.00720. The molecule has 99 heavy (non-hydrogen) atoms. The molecule has 0 spiro atoms. The van der Waals surface area contributed by atoms with E-state index in [0.717, 1.165) is 57.1 Å². The van der Waals surface area contributed by atoms with Crippen molar-refractivity contribution in [2.75, 3.05) is 31.2 Å². The molecule has 4 aliphatic rings. The van der Waals surface area contributed by atoms with Gasteiger partial charge in [-0.3, -0.25) is 28.3 Å². The van der Waals surface area contributed by atoms with Gasteiger partial charge in [0.25, 0.3) is 32.1 Å². The minimum atomic E-state index is -4.64. The van der Waals surface area contributed by atoms with Gasteiger partial charge in [0.15, 0.2) is 5.71 Å². The summed E-state index contributed by atoms with van der Waals surface area (Å²) in [4.78, 5) is 73.8. The van der Waals surface area contributed by atoms with Crippen molar-refractivity contribution in [2.45, 2.75) is 254 Å². The Hall–Kier alpha value is -6.59. The molecule has 0 unspecified atom stereocenters. The van der Waals surface area contributed by atoms with E-state index in [1.807, 2.05) is 126 Å². The Bertz CT molecular complexity index is 3840.